The molecule has 1 heterocycles. The highest BCUT2D eigenvalue weighted by molar-refractivity contribution is 9.11. The lowest BCUT2D eigenvalue weighted by Crippen LogP contribution is -2.16. The lowest BCUT2D eigenvalue weighted by Gasteiger charge is -2.11. The number of hydrogen-bond acceptors (Lipinski definition) is 3. The first-order valence-electron chi connectivity index (χ1n) is 5.46. The van der Waals surface area contributed by atoms with Crippen molar-refractivity contribution in [1.29, 1.82) is 0 Å². The SMILES string of the molecule is Cc1cccnc1C(=O)Nc1c(N)cc(Br)cc1Br. The maximum absolute atomic E-state index is 12.2. The minimum Gasteiger partial charge on any atom is -0.397 e. The van der Waals surface area contributed by atoms with E-state index in [0.29, 0.717) is 21.5 Å². The van der Waals surface area contributed by atoms with Gasteiger partial charge in [-0.2, -0.15) is 0 Å². The van der Waals surface area contributed by atoms with Crippen molar-refractivity contribution in [3.8, 4) is 0 Å². The molecule has 6 heteroatoms. The summed E-state index contributed by atoms with van der Waals surface area (Å²) in [5, 5.41) is 2.77. The molecule has 0 saturated heterocycles. The standard InChI is InChI=1S/C13H11Br2N3O/c1-7-3-2-4-17-11(7)13(19)18-12-9(15)5-8(14)6-10(12)16/h2-6H,16H2,1H3,(H,18,19). The normalized spacial score (nSPS) is 10.3. The summed E-state index contributed by atoms with van der Waals surface area (Å²) in [5.74, 6) is -0.284. The van der Waals surface area contributed by atoms with E-state index < -0.39 is 0 Å². The second kappa shape index (κ2) is 5.71. The fraction of sp³-hybridized carbons (Fsp3) is 0.0769. The highest BCUT2D eigenvalue weighted by Crippen LogP contribution is 2.32. The number of amides is 1. The van der Waals surface area contributed by atoms with Crippen LogP contribution in [0.25, 0.3) is 0 Å². The van der Waals surface area contributed by atoms with E-state index in [-0.39, 0.29) is 5.91 Å². The van der Waals surface area contributed by atoms with Crippen molar-refractivity contribution < 1.29 is 4.79 Å². The van der Waals surface area contributed by atoms with Crippen molar-refractivity contribution in [3.63, 3.8) is 0 Å². The molecule has 0 aliphatic carbocycles. The summed E-state index contributed by atoms with van der Waals surface area (Å²) in [6, 6.07) is 7.17. The van der Waals surface area contributed by atoms with Crippen LogP contribution in [0, 0.1) is 6.92 Å². The van der Waals surface area contributed by atoms with Crippen LogP contribution in [0.1, 0.15) is 16.1 Å². The van der Waals surface area contributed by atoms with Gasteiger partial charge in [0.05, 0.1) is 11.4 Å². The van der Waals surface area contributed by atoms with E-state index in [1.807, 2.05) is 19.1 Å². The van der Waals surface area contributed by atoms with Crippen LogP contribution in [0.2, 0.25) is 0 Å². The average Bonchev–Trinajstić information content (AvgIpc) is 2.34. The fourth-order valence-electron chi connectivity index (χ4n) is 1.62. The van der Waals surface area contributed by atoms with E-state index in [9.17, 15) is 4.79 Å². The minimum absolute atomic E-state index is 0.284. The number of hydrogen-bond donors (Lipinski definition) is 2. The lowest BCUT2D eigenvalue weighted by atomic mass is 10.2. The minimum atomic E-state index is -0.284. The van der Waals surface area contributed by atoms with Crippen LogP contribution in [0.3, 0.4) is 0 Å². The number of rotatable bonds is 2. The van der Waals surface area contributed by atoms with Crippen molar-refractivity contribution in [2.45, 2.75) is 6.92 Å². The Morgan fingerprint density at radius 2 is 2.11 bits per heavy atom. The van der Waals surface area contributed by atoms with Crippen LogP contribution in [-0.4, -0.2) is 10.9 Å². The second-order valence-corrected chi connectivity index (χ2v) is 5.74. The van der Waals surface area contributed by atoms with Gasteiger partial charge in [0.15, 0.2) is 0 Å². The fourth-order valence-corrected chi connectivity index (χ4v) is 2.98. The first-order valence-corrected chi connectivity index (χ1v) is 7.05. The number of anilines is 2. The number of aryl methyl sites for hydroxylation is 1. The van der Waals surface area contributed by atoms with Gasteiger partial charge < -0.3 is 11.1 Å². The zero-order valence-corrected chi connectivity index (χ0v) is 13.2. The molecule has 4 nitrogen and oxygen atoms in total. The summed E-state index contributed by atoms with van der Waals surface area (Å²) in [7, 11) is 0. The molecule has 0 saturated carbocycles. The van der Waals surface area contributed by atoms with Gasteiger partial charge in [-0.1, -0.05) is 22.0 Å². The molecule has 0 spiro atoms. The Morgan fingerprint density at radius 3 is 2.74 bits per heavy atom. The molecule has 19 heavy (non-hydrogen) atoms. The largest absolute Gasteiger partial charge is 0.397 e. The number of carbonyl (C=O) groups is 1. The van der Waals surface area contributed by atoms with Crippen LogP contribution < -0.4 is 11.1 Å². The summed E-state index contributed by atoms with van der Waals surface area (Å²) in [6.45, 7) is 1.84. The number of nitrogen functional groups attached to an aromatic ring is 1. The van der Waals surface area contributed by atoms with E-state index >= 15 is 0 Å². The van der Waals surface area contributed by atoms with E-state index in [1.54, 1.807) is 18.3 Å². The van der Waals surface area contributed by atoms with Gasteiger partial charge in [0, 0.05) is 15.1 Å². The molecule has 98 valence electrons. The number of nitrogens with zero attached hydrogens (tertiary/aromatic N) is 1. The molecule has 0 aliphatic rings. The van der Waals surface area contributed by atoms with Crippen molar-refractivity contribution in [2.75, 3.05) is 11.1 Å². The van der Waals surface area contributed by atoms with E-state index in [4.69, 9.17) is 5.73 Å². The molecular weight excluding hydrogens is 374 g/mol. The molecule has 0 atom stereocenters. The summed E-state index contributed by atoms with van der Waals surface area (Å²) in [4.78, 5) is 16.2. The molecular formula is C13H11Br2N3O. The van der Waals surface area contributed by atoms with Gasteiger partial charge in [-0.05, 0) is 46.6 Å². The van der Waals surface area contributed by atoms with Crippen molar-refractivity contribution in [1.82, 2.24) is 4.98 Å². The van der Waals surface area contributed by atoms with Gasteiger partial charge >= 0.3 is 0 Å². The van der Waals surface area contributed by atoms with E-state index in [0.717, 1.165) is 10.0 Å². The van der Waals surface area contributed by atoms with E-state index in [2.05, 4.69) is 42.2 Å². The molecule has 1 aromatic heterocycles. The van der Waals surface area contributed by atoms with Crippen LogP contribution in [0.4, 0.5) is 11.4 Å². The monoisotopic (exact) mass is 383 g/mol. The Kier molecular flexibility index (Phi) is 4.21. The number of halogens is 2. The van der Waals surface area contributed by atoms with Crippen molar-refractivity contribution >= 4 is 49.1 Å². The second-order valence-electron chi connectivity index (χ2n) is 3.97. The molecule has 0 aliphatic heterocycles. The van der Waals surface area contributed by atoms with E-state index in [1.165, 1.54) is 0 Å². The summed E-state index contributed by atoms with van der Waals surface area (Å²) in [5.41, 5.74) is 8.10. The zero-order chi connectivity index (χ0) is 14.0. The Balaban J connectivity index is 2.32. The topological polar surface area (TPSA) is 68.0 Å². The van der Waals surface area contributed by atoms with Crippen molar-refractivity contribution in [3.05, 3.63) is 50.7 Å². The predicted molar refractivity (Wildman–Crippen MR) is 83.2 cm³/mol. The van der Waals surface area contributed by atoms with Gasteiger partial charge in [-0.15, -0.1) is 0 Å². The maximum Gasteiger partial charge on any atom is 0.274 e. The van der Waals surface area contributed by atoms with Gasteiger partial charge in [0.2, 0.25) is 0 Å². The number of aromatic nitrogens is 1. The summed E-state index contributed by atoms with van der Waals surface area (Å²) < 4.78 is 1.55. The van der Waals surface area contributed by atoms with Crippen molar-refractivity contribution in [2.24, 2.45) is 0 Å². The lowest BCUT2D eigenvalue weighted by molar-refractivity contribution is 0.102. The average molecular weight is 385 g/mol. The predicted octanol–water partition coefficient (Wildman–Crippen LogP) is 3.75. The molecule has 2 rings (SSSR count). The van der Waals surface area contributed by atoms with Crippen LogP contribution >= 0.6 is 31.9 Å². The molecule has 0 fully saturated rings. The van der Waals surface area contributed by atoms with Gasteiger partial charge in [0.25, 0.3) is 5.91 Å². The number of pyridine rings is 1. The molecule has 0 radical (unpaired) electrons. The highest BCUT2D eigenvalue weighted by atomic mass is 79.9. The highest BCUT2D eigenvalue weighted by Gasteiger charge is 2.14. The van der Waals surface area contributed by atoms with Gasteiger partial charge in [-0.25, -0.2) is 0 Å². The number of nitrogens with two attached hydrogens (primary N) is 1. The first kappa shape index (κ1) is 14.0. The smallest absolute Gasteiger partial charge is 0.274 e. The van der Waals surface area contributed by atoms with Crippen LogP contribution in [0.5, 0.6) is 0 Å². The molecule has 0 unspecified atom stereocenters. The Hall–Kier alpha value is -1.40. The quantitative estimate of drug-likeness (QED) is 0.774. The number of carbonyl (C=O) groups excluding carboxylic acids is 1. The molecule has 0 bridgehead atoms. The Labute approximate surface area is 127 Å². The molecule has 1 aromatic carbocycles. The molecule has 2 aromatic rings. The van der Waals surface area contributed by atoms with Gasteiger partial charge in [0.1, 0.15) is 5.69 Å². The number of benzene rings is 1. The summed E-state index contributed by atoms with van der Waals surface area (Å²) >= 11 is 6.71. The molecule has 1 amide bonds. The maximum atomic E-state index is 12.2. The third-order valence-corrected chi connectivity index (χ3v) is 3.63. The zero-order valence-electron chi connectivity index (χ0n) is 10.1. The first-order chi connectivity index (χ1) is 8.99. The third kappa shape index (κ3) is 3.13. The van der Waals surface area contributed by atoms with Crippen LogP contribution in [0.15, 0.2) is 39.4 Å². The third-order valence-electron chi connectivity index (χ3n) is 2.55. The molecule has 3 N–H and O–H groups in total. The van der Waals surface area contributed by atoms with Gasteiger partial charge in [-0.3, -0.25) is 9.78 Å². The summed E-state index contributed by atoms with van der Waals surface area (Å²) in [6.07, 6.45) is 1.59. The van der Waals surface area contributed by atoms with Crippen LogP contribution in [-0.2, 0) is 0 Å². The number of nitrogens with one attached hydrogen (secondary N) is 1. The Morgan fingerprint density at radius 1 is 1.37 bits per heavy atom. The Bertz CT molecular complexity index is 621.